The lowest BCUT2D eigenvalue weighted by Gasteiger charge is -2.04. The van der Waals surface area contributed by atoms with Gasteiger partial charge in [0.1, 0.15) is 5.71 Å². The molecule has 3 N–H and O–H groups in total. The second kappa shape index (κ2) is 6.05. The van der Waals surface area contributed by atoms with Crippen LogP contribution in [0.15, 0.2) is 36.1 Å². The van der Waals surface area contributed by atoms with Gasteiger partial charge in [-0.3, -0.25) is 5.43 Å². The first-order valence-corrected chi connectivity index (χ1v) is 6.11. The average molecular weight is 274 g/mol. The van der Waals surface area contributed by atoms with Crippen LogP contribution < -0.4 is 10.7 Å². The molecular formula is C12H14N6S. The maximum Gasteiger partial charge on any atom is 0.187 e. The van der Waals surface area contributed by atoms with Gasteiger partial charge >= 0.3 is 0 Å². The molecule has 0 unspecified atom stereocenters. The predicted octanol–water partition coefficient (Wildman–Crippen LogP) is 1.33. The second-order valence-corrected chi connectivity index (χ2v) is 4.18. The number of pyridine rings is 1. The number of rotatable bonds is 4. The van der Waals surface area contributed by atoms with Gasteiger partial charge in [0.2, 0.25) is 0 Å². The number of hydrazone groups is 1. The molecule has 0 atom stereocenters. The summed E-state index contributed by atoms with van der Waals surface area (Å²) < 4.78 is 0. The summed E-state index contributed by atoms with van der Waals surface area (Å²) in [5.74, 6) is 0.660. The van der Waals surface area contributed by atoms with Gasteiger partial charge in [-0.1, -0.05) is 6.08 Å². The largest absolute Gasteiger partial charge is 0.358 e. The number of thiocarbonyl (C=S) groups is 1. The lowest BCUT2D eigenvalue weighted by atomic mass is 10.4. The van der Waals surface area contributed by atoms with Gasteiger partial charge in [-0.15, -0.1) is 6.58 Å². The van der Waals surface area contributed by atoms with Crippen molar-refractivity contribution in [2.24, 2.45) is 5.10 Å². The molecule has 0 aliphatic rings. The molecular weight excluding hydrogens is 260 g/mol. The molecule has 98 valence electrons. The SMILES string of the molecule is C=CCNC(=S)N/N=C(\C)c1nc2ncccc2[nH]1. The number of hydrogen-bond donors (Lipinski definition) is 3. The lowest BCUT2D eigenvalue weighted by Crippen LogP contribution is -2.32. The number of fused-ring (bicyclic) bond motifs is 1. The van der Waals surface area contributed by atoms with Crippen molar-refractivity contribution in [2.45, 2.75) is 6.92 Å². The van der Waals surface area contributed by atoms with Crippen LogP contribution in [0.3, 0.4) is 0 Å². The zero-order valence-electron chi connectivity index (χ0n) is 10.5. The zero-order valence-corrected chi connectivity index (χ0v) is 11.3. The van der Waals surface area contributed by atoms with Gasteiger partial charge in [0.15, 0.2) is 16.6 Å². The summed E-state index contributed by atoms with van der Waals surface area (Å²) in [4.78, 5) is 11.6. The minimum absolute atomic E-state index is 0.438. The van der Waals surface area contributed by atoms with Crippen molar-refractivity contribution in [1.29, 1.82) is 0 Å². The summed E-state index contributed by atoms with van der Waals surface area (Å²) in [5, 5.41) is 7.51. The molecule has 0 saturated heterocycles. The van der Waals surface area contributed by atoms with E-state index in [1.54, 1.807) is 12.3 Å². The molecule has 0 radical (unpaired) electrons. The van der Waals surface area contributed by atoms with Crippen LogP contribution in [0.4, 0.5) is 0 Å². The number of aromatic nitrogens is 3. The first-order valence-electron chi connectivity index (χ1n) is 5.71. The summed E-state index contributed by atoms with van der Waals surface area (Å²) in [6.45, 7) is 6.02. The highest BCUT2D eigenvalue weighted by molar-refractivity contribution is 7.80. The minimum atomic E-state index is 0.438. The highest BCUT2D eigenvalue weighted by Crippen LogP contribution is 2.07. The Morgan fingerprint density at radius 2 is 2.47 bits per heavy atom. The average Bonchev–Trinajstić information content (AvgIpc) is 2.86. The first kappa shape index (κ1) is 13.2. The van der Waals surface area contributed by atoms with Crippen LogP contribution in [0.5, 0.6) is 0 Å². The van der Waals surface area contributed by atoms with Gasteiger partial charge in [0.25, 0.3) is 0 Å². The number of imidazole rings is 1. The van der Waals surface area contributed by atoms with Gasteiger partial charge in [0, 0.05) is 12.7 Å². The molecule has 19 heavy (non-hydrogen) atoms. The van der Waals surface area contributed by atoms with E-state index in [4.69, 9.17) is 12.2 Å². The fourth-order valence-electron chi connectivity index (χ4n) is 1.41. The standard InChI is InChI=1S/C12H14N6S/c1-3-6-14-12(19)18-17-8(2)10-15-9-5-4-7-13-11(9)16-10/h3-5,7H,1,6H2,2H3,(H,13,15,16)(H2,14,18,19)/b17-8+. The van der Waals surface area contributed by atoms with Crippen molar-refractivity contribution in [3.8, 4) is 0 Å². The van der Waals surface area contributed by atoms with E-state index >= 15 is 0 Å². The molecule has 0 fully saturated rings. The van der Waals surface area contributed by atoms with Crippen molar-refractivity contribution in [3.63, 3.8) is 0 Å². The fourth-order valence-corrected chi connectivity index (χ4v) is 1.54. The molecule has 0 aliphatic carbocycles. The van der Waals surface area contributed by atoms with Crippen LogP contribution in [-0.2, 0) is 0 Å². The van der Waals surface area contributed by atoms with Crippen molar-refractivity contribution in [3.05, 3.63) is 36.8 Å². The number of H-pyrrole nitrogens is 1. The van der Waals surface area contributed by atoms with Crippen molar-refractivity contribution < 1.29 is 0 Å². The van der Waals surface area contributed by atoms with E-state index < -0.39 is 0 Å². The zero-order chi connectivity index (χ0) is 13.7. The monoisotopic (exact) mass is 274 g/mol. The molecule has 2 aromatic heterocycles. The topological polar surface area (TPSA) is 78.0 Å². The van der Waals surface area contributed by atoms with Gasteiger partial charge < -0.3 is 10.3 Å². The molecule has 0 aliphatic heterocycles. The van der Waals surface area contributed by atoms with E-state index in [0.717, 1.165) is 5.52 Å². The maximum atomic E-state index is 5.03. The number of hydrogen-bond acceptors (Lipinski definition) is 4. The molecule has 2 rings (SSSR count). The molecule has 2 aromatic rings. The summed E-state index contributed by atoms with van der Waals surface area (Å²) in [7, 11) is 0. The highest BCUT2D eigenvalue weighted by Gasteiger charge is 2.05. The molecule has 7 heteroatoms. The van der Waals surface area contributed by atoms with Crippen molar-refractivity contribution >= 4 is 34.2 Å². The number of aromatic amines is 1. The highest BCUT2D eigenvalue weighted by atomic mass is 32.1. The number of nitrogens with zero attached hydrogens (tertiary/aromatic N) is 3. The van der Waals surface area contributed by atoms with E-state index in [0.29, 0.717) is 28.8 Å². The minimum Gasteiger partial charge on any atom is -0.358 e. The Balaban J connectivity index is 2.08. The van der Waals surface area contributed by atoms with Crippen LogP contribution in [0.2, 0.25) is 0 Å². The van der Waals surface area contributed by atoms with Gasteiger partial charge in [-0.25, -0.2) is 9.97 Å². The molecule has 2 heterocycles. The smallest absolute Gasteiger partial charge is 0.187 e. The molecule has 0 amide bonds. The normalized spacial score (nSPS) is 11.3. The Kier molecular flexibility index (Phi) is 4.19. The van der Waals surface area contributed by atoms with Crippen molar-refractivity contribution in [1.82, 2.24) is 25.7 Å². The Morgan fingerprint density at radius 1 is 1.63 bits per heavy atom. The molecule has 6 nitrogen and oxygen atoms in total. The van der Waals surface area contributed by atoms with Crippen LogP contribution >= 0.6 is 12.2 Å². The summed E-state index contributed by atoms with van der Waals surface area (Å²) in [6.07, 6.45) is 3.42. The van der Waals surface area contributed by atoms with E-state index in [9.17, 15) is 0 Å². The first-order chi connectivity index (χ1) is 9.20. The lowest BCUT2D eigenvalue weighted by molar-refractivity contribution is 0.934. The molecule has 0 bridgehead atoms. The third-order valence-electron chi connectivity index (χ3n) is 2.33. The molecule has 0 saturated carbocycles. The van der Waals surface area contributed by atoms with Crippen LogP contribution in [0.25, 0.3) is 11.2 Å². The molecule has 0 aromatic carbocycles. The van der Waals surface area contributed by atoms with Crippen LogP contribution in [0, 0.1) is 0 Å². The van der Waals surface area contributed by atoms with Gasteiger partial charge in [0.05, 0.1) is 5.52 Å². The third kappa shape index (κ3) is 3.35. The number of nitrogens with one attached hydrogen (secondary N) is 3. The van der Waals surface area contributed by atoms with Crippen LogP contribution in [0.1, 0.15) is 12.7 Å². The van der Waals surface area contributed by atoms with E-state index in [2.05, 4.69) is 37.4 Å². The Bertz CT molecular complexity index is 597. The van der Waals surface area contributed by atoms with Gasteiger partial charge in [-0.2, -0.15) is 5.10 Å². The summed E-state index contributed by atoms with van der Waals surface area (Å²) >= 11 is 5.03. The molecule has 0 spiro atoms. The Hall–Kier alpha value is -2.28. The fraction of sp³-hybridized carbons (Fsp3) is 0.167. The Morgan fingerprint density at radius 3 is 3.21 bits per heavy atom. The van der Waals surface area contributed by atoms with Gasteiger partial charge in [-0.05, 0) is 31.3 Å². The maximum absolute atomic E-state index is 5.03. The van der Waals surface area contributed by atoms with Crippen LogP contribution in [-0.4, -0.2) is 32.3 Å². The summed E-state index contributed by atoms with van der Waals surface area (Å²) in [6, 6.07) is 3.76. The second-order valence-electron chi connectivity index (χ2n) is 3.77. The predicted molar refractivity (Wildman–Crippen MR) is 80.0 cm³/mol. The van der Waals surface area contributed by atoms with Crippen molar-refractivity contribution in [2.75, 3.05) is 6.54 Å². The Labute approximate surface area is 116 Å². The third-order valence-corrected chi connectivity index (χ3v) is 2.57. The van der Waals surface area contributed by atoms with E-state index in [1.807, 2.05) is 19.1 Å². The summed E-state index contributed by atoms with van der Waals surface area (Å²) in [5.41, 5.74) is 4.98. The van der Waals surface area contributed by atoms with E-state index in [1.165, 1.54) is 0 Å². The quantitative estimate of drug-likeness (QED) is 0.339. The van der Waals surface area contributed by atoms with E-state index in [-0.39, 0.29) is 0 Å².